The van der Waals surface area contributed by atoms with E-state index in [4.69, 9.17) is 4.74 Å². The van der Waals surface area contributed by atoms with Crippen molar-refractivity contribution in [2.75, 3.05) is 26.2 Å². The number of aliphatic carboxylic acids is 1. The van der Waals surface area contributed by atoms with Gasteiger partial charge in [0.1, 0.15) is 12.4 Å². The molecule has 2 aliphatic rings. The van der Waals surface area contributed by atoms with Gasteiger partial charge >= 0.3 is 5.97 Å². The molecule has 0 amide bonds. The Labute approximate surface area is 184 Å². The van der Waals surface area contributed by atoms with Crippen molar-refractivity contribution in [3.63, 3.8) is 0 Å². The second-order valence-corrected chi connectivity index (χ2v) is 9.19. The molecule has 0 radical (unpaired) electrons. The van der Waals surface area contributed by atoms with E-state index in [0.717, 1.165) is 42.8 Å². The van der Waals surface area contributed by atoms with Gasteiger partial charge in [0.2, 0.25) is 0 Å². The molecule has 1 fully saturated rings. The Morgan fingerprint density at radius 1 is 1.10 bits per heavy atom. The molecule has 5 heteroatoms. The highest BCUT2D eigenvalue weighted by Gasteiger charge is 2.32. The van der Waals surface area contributed by atoms with Crippen LogP contribution in [0.5, 0.6) is 5.75 Å². The van der Waals surface area contributed by atoms with E-state index in [1.54, 1.807) is 13.8 Å². The molecule has 2 aliphatic heterocycles. The molecule has 0 unspecified atom stereocenters. The lowest BCUT2D eigenvalue weighted by Gasteiger charge is -2.34. The molecule has 2 N–H and O–H groups in total. The molecule has 0 bridgehead atoms. The van der Waals surface area contributed by atoms with Crippen LogP contribution in [0.1, 0.15) is 48.9 Å². The highest BCUT2D eigenvalue weighted by atomic mass is 16.5. The van der Waals surface area contributed by atoms with Crippen molar-refractivity contribution in [1.29, 1.82) is 0 Å². The van der Waals surface area contributed by atoms with Gasteiger partial charge in [-0.1, -0.05) is 35.9 Å². The number of hydrogen-bond acceptors (Lipinski definition) is 4. The number of nitrogens with zero attached hydrogens (tertiary/aromatic N) is 1. The number of aliphatic hydroxyl groups is 1. The first kappa shape index (κ1) is 21.6. The summed E-state index contributed by atoms with van der Waals surface area (Å²) in [5.74, 6) is 0.131. The highest BCUT2D eigenvalue weighted by Crippen LogP contribution is 2.41. The van der Waals surface area contributed by atoms with Crippen LogP contribution in [0.15, 0.2) is 48.0 Å². The molecule has 0 atom stereocenters. The molecule has 31 heavy (non-hydrogen) atoms. The van der Waals surface area contributed by atoms with Crippen LogP contribution in [0.4, 0.5) is 0 Å². The number of carboxylic acid groups (broad SMARTS) is 1. The Bertz CT molecular complexity index is 998. The summed E-state index contributed by atoms with van der Waals surface area (Å²) in [4.78, 5) is 13.8. The van der Waals surface area contributed by atoms with E-state index in [1.165, 1.54) is 22.3 Å². The zero-order chi connectivity index (χ0) is 22.0. The van der Waals surface area contributed by atoms with E-state index >= 15 is 0 Å². The van der Waals surface area contributed by atoms with Crippen LogP contribution in [0, 0.1) is 5.41 Å². The van der Waals surface area contributed by atoms with Crippen LogP contribution >= 0.6 is 0 Å². The predicted molar refractivity (Wildman–Crippen MR) is 121 cm³/mol. The van der Waals surface area contributed by atoms with Gasteiger partial charge in [-0.2, -0.15) is 0 Å². The third kappa shape index (κ3) is 4.53. The predicted octanol–water partition coefficient (Wildman–Crippen LogP) is 4.12. The SMILES string of the molecule is CC(C)(CN1CCC(=C2c3ccccc3COc3ccc(CCO)cc32)CC1)C(=O)O. The lowest BCUT2D eigenvalue weighted by Crippen LogP contribution is -2.42. The van der Waals surface area contributed by atoms with E-state index in [-0.39, 0.29) is 6.61 Å². The third-order valence-corrected chi connectivity index (χ3v) is 6.39. The molecule has 164 valence electrons. The molecule has 0 spiro atoms. The minimum absolute atomic E-state index is 0.121. The van der Waals surface area contributed by atoms with Gasteiger partial charge in [-0.15, -0.1) is 0 Å². The normalized spacial score (nSPS) is 16.9. The molecular weight excluding hydrogens is 390 g/mol. The van der Waals surface area contributed by atoms with Gasteiger partial charge in [-0.3, -0.25) is 4.79 Å². The van der Waals surface area contributed by atoms with Gasteiger partial charge < -0.3 is 19.8 Å². The number of rotatable bonds is 5. The van der Waals surface area contributed by atoms with Crippen LogP contribution in [-0.2, 0) is 17.8 Å². The maximum absolute atomic E-state index is 11.5. The lowest BCUT2D eigenvalue weighted by atomic mass is 9.85. The molecule has 0 aromatic heterocycles. The smallest absolute Gasteiger partial charge is 0.310 e. The standard InChI is InChI=1S/C26H31NO4/c1-26(2,25(29)30)17-27-12-9-19(10-13-27)24-21-6-4-3-5-20(21)16-31-23-8-7-18(11-14-28)15-22(23)24/h3-8,15,28H,9-14,16-17H2,1-2H3,(H,29,30). The van der Waals surface area contributed by atoms with Crippen molar-refractivity contribution in [3.8, 4) is 5.75 Å². The van der Waals surface area contributed by atoms with Crippen LogP contribution in [0.3, 0.4) is 0 Å². The second kappa shape index (κ2) is 8.85. The minimum Gasteiger partial charge on any atom is -0.488 e. The van der Waals surface area contributed by atoms with E-state index in [2.05, 4.69) is 29.2 Å². The molecule has 1 saturated heterocycles. The Hall–Kier alpha value is -2.63. The van der Waals surface area contributed by atoms with E-state index in [1.807, 2.05) is 18.2 Å². The Morgan fingerprint density at radius 3 is 2.55 bits per heavy atom. The monoisotopic (exact) mass is 421 g/mol. The molecule has 4 rings (SSSR count). The number of carboxylic acids is 1. The van der Waals surface area contributed by atoms with Gasteiger partial charge in [-0.25, -0.2) is 0 Å². The summed E-state index contributed by atoms with van der Waals surface area (Å²) in [6.07, 6.45) is 2.43. The average Bonchev–Trinajstić information content (AvgIpc) is 2.91. The first-order valence-electron chi connectivity index (χ1n) is 11.0. The summed E-state index contributed by atoms with van der Waals surface area (Å²) in [6, 6.07) is 14.6. The maximum atomic E-state index is 11.5. The Kier molecular flexibility index (Phi) is 6.17. The van der Waals surface area contributed by atoms with Crippen molar-refractivity contribution < 1.29 is 19.7 Å². The molecule has 0 aliphatic carbocycles. The van der Waals surface area contributed by atoms with Crippen molar-refractivity contribution in [2.24, 2.45) is 5.41 Å². The number of hydrogen-bond donors (Lipinski definition) is 2. The molecular formula is C26H31NO4. The van der Waals surface area contributed by atoms with Crippen molar-refractivity contribution in [1.82, 2.24) is 4.90 Å². The van der Waals surface area contributed by atoms with Crippen LogP contribution in [0.25, 0.3) is 5.57 Å². The van der Waals surface area contributed by atoms with E-state index < -0.39 is 11.4 Å². The minimum atomic E-state index is -0.753. The van der Waals surface area contributed by atoms with Crippen LogP contribution in [-0.4, -0.2) is 47.3 Å². The van der Waals surface area contributed by atoms with Crippen LogP contribution in [0.2, 0.25) is 0 Å². The first-order chi connectivity index (χ1) is 14.9. The summed E-state index contributed by atoms with van der Waals surface area (Å²) >= 11 is 0. The lowest BCUT2D eigenvalue weighted by molar-refractivity contribution is -0.148. The summed E-state index contributed by atoms with van der Waals surface area (Å²) in [5.41, 5.74) is 6.49. The number of likely N-dealkylation sites (tertiary alicyclic amines) is 1. The highest BCUT2D eigenvalue weighted by molar-refractivity contribution is 5.87. The van der Waals surface area contributed by atoms with Crippen LogP contribution < -0.4 is 4.74 Å². The van der Waals surface area contributed by atoms with Gasteiger partial charge in [0.25, 0.3) is 0 Å². The van der Waals surface area contributed by atoms with Crippen molar-refractivity contribution in [2.45, 2.75) is 39.7 Å². The molecule has 2 heterocycles. The van der Waals surface area contributed by atoms with Gasteiger partial charge in [0, 0.05) is 31.8 Å². The average molecular weight is 422 g/mol. The van der Waals surface area contributed by atoms with Crippen molar-refractivity contribution >= 4 is 11.5 Å². The Morgan fingerprint density at radius 2 is 1.84 bits per heavy atom. The van der Waals surface area contributed by atoms with E-state index in [9.17, 15) is 15.0 Å². The summed E-state index contributed by atoms with van der Waals surface area (Å²) in [5, 5.41) is 18.9. The van der Waals surface area contributed by atoms with Gasteiger partial charge in [0.05, 0.1) is 5.41 Å². The summed E-state index contributed by atoms with van der Waals surface area (Å²) < 4.78 is 6.17. The number of benzene rings is 2. The zero-order valence-electron chi connectivity index (χ0n) is 18.4. The quantitative estimate of drug-likeness (QED) is 0.760. The zero-order valence-corrected chi connectivity index (χ0v) is 18.4. The number of aliphatic hydroxyl groups excluding tert-OH is 1. The topological polar surface area (TPSA) is 70.0 Å². The fourth-order valence-corrected chi connectivity index (χ4v) is 4.61. The molecule has 0 saturated carbocycles. The number of fused-ring (bicyclic) bond motifs is 2. The summed E-state index contributed by atoms with van der Waals surface area (Å²) in [6.45, 7) is 6.51. The summed E-state index contributed by atoms with van der Waals surface area (Å²) in [7, 11) is 0. The number of carbonyl (C=O) groups is 1. The molecule has 5 nitrogen and oxygen atoms in total. The fraction of sp³-hybridized carbons (Fsp3) is 0.423. The fourth-order valence-electron chi connectivity index (χ4n) is 4.61. The molecule has 2 aromatic rings. The Balaban J connectivity index is 1.71. The number of ether oxygens (including phenoxy) is 1. The van der Waals surface area contributed by atoms with E-state index in [0.29, 0.717) is 19.6 Å². The number of piperidine rings is 1. The first-order valence-corrected chi connectivity index (χ1v) is 11.0. The largest absolute Gasteiger partial charge is 0.488 e. The maximum Gasteiger partial charge on any atom is 0.310 e. The second-order valence-electron chi connectivity index (χ2n) is 9.19. The van der Waals surface area contributed by atoms with Gasteiger partial charge in [-0.05, 0) is 67.5 Å². The van der Waals surface area contributed by atoms with Crippen molar-refractivity contribution in [3.05, 3.63) is 70.3 Å². The van der Waals surface area contributed by atoms with Gasteiger partial charge in [0.15, 0.2) is 0 Å². The third-order valence-electron chi connectivity index (χ3n) is 6.39. The molecule has 2 aromatic carbocycles.